The predicted molar refractivity (Wildman–Crippen MR) is 73.6 cm³/mol. The van der Waals surface area contributed by atoms with Crippen LogP contribution in [0.2, 0.25) is 0 Å². The molecule has 0 spiro atoms. The van der Waals surface area contributed by atoms with Gasteiger partial charge >= 0.3 is 0 Å². The molecule has 0 aliphatic carbocycles. The number of nitrogens with zero attached hydrogens (tertiary/aromatic N) is 3. The van der Waals surface area contributed by atoms with E-state index in [1.165, 1.54) is 4.31 Å². The maximum absolute atomic E-state index is 12.5. The second-order valence-electron chi connectivity index (χ2n) is 5.31. The molecule has 8 heteroatoms. The molecule has 1 N–H and O–H groups in total. The Balaban J connectivity index is 1.69. The van der Waals surface area contributed by atoms with Crippen LogP contribution in [0.5, 0.6) is 0 Å². The summed E-state index contributed by atoms with van der Waals surface area (Å²) in [7, 11) is -3.35. The standard InChI is InChI=1S/C12H20N4O3S/c1-10-8-13-12(14-10)11-2-3-16(9-11)20(17,18)15-4-6-19-7-5-15/h8,11H,2-7,9H2,1H3,(H,13,14)/t11-/m1/s1. The smallest absolute Gasteiger partial charge is 0.282 e. The Morgan fingerprint density at radius 1 is 1.30 bits per heavy atom. The van der Waals surface area contributed by atoms with Gasteiger partial charge in [0.15, 0.2) is 0 Å². The molecular formula is C12H20N4O3S. The molecule has 0 saturated carbocycles. The Labute approximate surface area is 119 Å². The van der Waals surface area contributed by atoms with Gasteiger partial charge in [-0.2, -0.15) is 17.0 Å². The van der Waals surface area contributed by atoms with Crippen LogP contribution in [0.4, 0.5) is 0 Å². The van der Waals surface area contributed by atoms with Crippen molar-refractivity contribution in [2.45, 2.75) is 19.3 Å². The predicted octanol–water partition coefficient (Wildman–Crippen LogP) is 0.0844. The number of imidazole rings is 1. The fourth-order valence-electron chi connectivity index (χ4n) is 2.74. The van der Waals surface area contributed by atoms with Crippen LogP contribution in [0.15, 0.2) is 6.20 Å². The summed E-state index contributed by atoms with van der Waals surface area (Å²) in [6.45, 7) is 4.87. The third-order valence-corrected chi connectivity index (χ3v) is 5.88. The Kier molecular flexibility index (Phi) is 3.80. The first-order chi connectivity index (χ1) is 9.57. The van der Waals surface area contributed by atoms with E-state index in [-0.39, 0.29) is 5.92 Å². The third-order valence-electron chi connectivity index (χ3n) is 3.88. The minimum atomic E-state index is -3.35. The largest absolute Gasteiger partial charge is 0.379 e. The van der Waals surface area contributed by atoms with Gasteiger partial charge in [-0.15, -0.1) is 0 Å². The summed E-state index contributed by atoms with van der Waals surface area (Å²) in [5, 5.41) is 0. The van der Waals surface area contributed by atoms with Crippen molar-refractivity contribution in [2.24, 2.45) is 0 Å². The van der Waals surface area contributed by atoms with Crippen LogP contribution in [0.1, 0.15) is 23.9 Å². The molecule has 1 aromatic rings. The zero-order valence-electron chi connectivity index (χ0n) is 11.6. The van der Waals surface area contributed by atoms with E-state index in [2.05, 4.69) is 9.97 Å². The number of aromatic nitrogens is 2. The Morgan fingerprint density at radius 2 is 2.05 bits per heavy atom. The molecule has 0 aromatic carbocycles. The van der Waals surface area contributed by atoms with Crippen LogP contribution >= 0.6 is 0 Å². The fourth-order valence-corrected chi connectivity index (χ4v) is 4.38. The van der Waals surface area contributed by atoms with Crippen molar-refractivity contribution >= 4 is 10.2 Å². The van der Waals surface area contributed by atoms with Crippen LogP contribution < -0.4 is 0 Å². The molecule has 0 amide bonds. The minimum Gasteiger partial charge on any atom is -0.379 e. The van der Waals surface area contributed by atoms with Gasteiger partial charge in [0.1, 0.15) is 5.82 Å². The van der Waals surface area contributed by atoms with Crippen LogP contribution in [-0.4, -0.2) is 66.4 Å². The van der Waals surface area contributed by atoms with Gasteiger partial charge in [0.2, 0.25) is 0 Å². The number of morpholine rings is 1. The Bertz CT molecular complexity index is 565. The van der Waals surface area contributed by atoms with E-state index >= 15 is 0 Å². The van der Waals surface area contributed by atoms with Crippen molar-refractivity contribution in [3.05, 3.63) is 17.7 Å². The number of nitrogens with one attached hydrogen (secondary N) is 1. The molecule has 0 unspecified atom stereocenters. The second kappa shape index (κ2) is 5.44. The molecule has 1 atom stereocenters. The summed E-state index contributed by atoms with van der Waals surface area (Å²) in [6, 6.07) is 0. The van der Waals surface area contributed by atoms with Crippen LogP contribution in [0.3, 0.4) is 0 Å². The van der Waals surface area contributed by atoms with E-state index in [0.29, 0.717) is 39.4 Å². The highest BCUT2D eigenvalue weighted by molar-refractivity contribution is 7.86. The SMILES string of the molecule is Cc1cnc([C@@H]2CCN(S(=O)(=O)N3CCOCC3)C2)[nH]1. The first-order valence-electron chi connectivity index (χ1n) is 6.92. The topological polar surface area (TPSA) is 78.5 Å². The number of ether oxygens (including phenoxy) is 1. The van der Waals surface area contributed by atoms with Gasteiger partial charge in [0.25, 0.3) is 10.2 Å². The van der Waals surface area contributed by atoms with Gasteiger partial charge in [0, 0.05) is 44.0 Å². The van der Waals surface area contributed by atoms with Crippen LogP contribution in [0.25, 0.3) is 0 Å². The van der Waals surface area contributed by atoms with E-state index < -0.39 is 10.2 Å². The minimum absolute atomic E-state index is 0.166. The van der Waals surface area contributed by atoms with E-state index in [9.17, 15) is 8.42 Å². The number of hydrogen-bond acceptors (Lipinski definition) is 4. The van der Waals surface area contributed by atoms with Crippen LogP contribution in [0, 0.1) is 6.92 Å². The molecule has 3 heterocycles. The van der Waals surface area contributed by atoms with E-state index in [0.717, 1.165) is 17.9 Å². The monoisotopic (exact) mass is 300 g/mol. The van der Waals surface area contributed by atoms with Crippen molar-refractivity contribution in [1.29, 1.82) is 0 Å². The molecule has 2 saturated heterocycles. The van der Waals surface area contributed by atoms with Crippen molar-refractivity contribution < 1.29 is 13.2 Å². The summed E-state index contributed by atoms with van der Waals surface area (Å²) in [5.74, 6) is 1.06. The normalized spacial score (nSPS) is 26.1. The molecule has 2 aliphatic heterocycles. The number of H-pyrrole nitrogens is 1. The maximum Gasteiger partial charge on any atom is 0.282 e. The second-order valence-corrected chi connectivity index (χ2v) is 7.24. The van der Waals surface area contributed by atoms with Gasteiger partial charge in [-0.1, -0.05) is 0 Å². The summed E-state index contributed by atoms with van der Waals surface area (Å²) in [6.07, 6.45) is 2.60. The molecule has 0 bridgehead atoms. The molecule has 2 fully saturated rings. The maximum atomic E-state index is 12.5. The van der Waals surface area contributed by atoms with Gasteiger partial charge < -0.3 is 9.72 Å². The van der Waals surface area contributed by atoms with Gasteiger partial charge in [-0.3, -0.25) is 0 Å². The summed E-state index contributed by atoms with van der Waals surface area (Å²) in [4.78, 5) is 7.52. The zero-order valence-corrected chi connectivity index (χ0v) is 12.4. The summed E-state index contributed by atoms with van der Waals surface area (Å²) in [5.41, 5.74) is 1.01. The average molecular weight is 300 g/mol. The lowest BCUT2D eigenvalue weighted by atomic mass is 10.1. The summed E-state index contributed by atoms with van der Waals surface area (Å²) >= 11 is 0. The van der Waals surface area contributed by atoms with Crippen molar-refractivity contribution in [2.75, 3.05) is 39.4 Å². The number of aryl methyl sites for hydroxylation is 1. The van der Waals surface area contributed by atoms with Crippen LogP contribution in [-0.2, 0) is 14.9 Å². The highest BCUT2D eigenvalue weighted by Gasteiger charge is 2.37. The van der Waals surface area contributed by atoms with Gasteiger partial charge in [-0.25, -0.2) is 4.98 Å². The Hall–Kier alpha value is -0.960. The molecule has 112 valence electrons. The first kappa shape index (κ1) is 14.0. The van der Waals surface area contributed by atoms with Crippen molar-refractivity contribution in [3.8, 4) is 0 Å². The fraction of sp³-hybridized carbons (Fsp3) is 0.750. The van der Waals surface area contributed by atoms with Gasteiger partial charge in [0.05, 0.1) is 13.2 Å². The highest BCUT2D eigenvalue weighted by atomic mass is 32.2. The van der Waals surface area contributed by atoms with E-state index in [1.807, 2.05) is 6.92 Å². The van der Waals surface area contributed by atoms with E-state index in [4.69, 9.17) is 4.74 Å². The van der Waals surface area contributed by atoms with Crippen molar-refractivity contribution in [3.63, 3.8) is 0 Å². The number of rotatable bonds is 3. The molecule has 20 heavy (non-hydrogen) atoms. The highest BCUT2D eigenvalue weighted by Crippen LogP contribution is 2.28. The lowest BCUT2D eigenvalue weighted by Gasteiger charge is -2.30. The molecule has 1 aromatic heterocycles. The Morgan fingerprint density at radius 3 is 2.70 bits per heavy atom. The number of aromatic amines is 1. The molecular weight excluding hydrogens is 280 g/mol. The summed E-state index contributed by atoms with van der Waals surface area (Å²) < 4.78 is 33.4. The number of hydrogen-bond donors (Lipinski definition) is 1. The molecule has 7 nitrogen and oxygen atoms in total. The molecule has 3 rings (SSSR count). The third kappa shape index (κ3) is 2.60. The van der Waals surface area contributed by atoms with Crippen molar-refractivity contribution in [1.82, 2.24) is 18.6 Å². The van der Waals surface area contributed by atoms with E-state index in [1.54, 1.807) is 10.5 Å². The average Bonchev–Trinajstić information content (AvgIpc) is 3.08. The lowest BCUT2D eigenvalue weighted by molar-refractivity contribution is 0.0705. The first-order valence-corrected chi connectivity index (χ1v) is 8.31. The quantitative estimate of drug-likeness (QED) is 0.858. The lowest BCUT2D eigenvalue weighted by Crippen LogP contribution is -2.47. The zero-order chi connectivity index (χ0) is 14.2. The molecule has 0 radical (unpaired) electrons. The molecule has 2 aliphatic rings. The van der Waals surface area contributed by atoms with Gasteiger partial charge in [-0.05, 0) is 13.3 Å².